The van der Waals surface area contributed by atoms with E-state index in [4.69, 9.17) is 8.94 Å². The van der Waals surface area contributed by atoms with Crippen molar-refractivity contribution < 1.29 is 13.7 Å². The van der Waals surface area contributed by atoms with E-state index >= 15 is 0 Å². The quantitative estimate of drug-likeness (QED) is 0.722. The monoisotopic (exact) mass is 366 g/mol. The molecule has 1 N–H and O–H groups in total. The van der Waals surface area contributed by atoms with Crippen molar-refractivity contribution in [2.45, 2.75) is 25.9 Å². The van der Waals surface area contributed by atoms with Gasteiger partial charge in [0.1, 0.15) is 5.76 Å². The molecule has 1 aliphatic rings. The third-order valence-electron chi connectivity index (χ3n) is 4.75. The molecule has 140 valence electrons. The highest BCUT2D eigenvalue weighted by Gasteiger charge is 2.27. The smallest absolute Gasteiger partial charge is 0.241 e. The van der Waals surface area contributed by atoms with Crippen molar-refractivity contribution in [2.75, 3.05) is 13.1 Å². The average Bonchev–Trinajstić information content (AvgIpc) is 3.39. The summed E-state index contributed by atoms with van der Waals surface area (Å²) in [6.07, 6.45) is 3.47. The largest absolute Gasteiger partial charge is 0.467 e. The SMILES string of the molecule is O=C(NCc1ccco1)C1CCCN(Cc2nc(-c3ccccc3)no2)C1. The van der Waals surface area contributed by atoms with Gasteiger partial charge < -0.3 is 14.3 Å². The van der Waals surface area contributed by atoms with Crippen LogP contribution in [0.3, 0.4) is 0 Å². The molecule has 0 radical (unpaired) electrons. The fourth-order valence-corrected chi connectivity index (χ4v) is 3.36. The maximum absolute atomic E-state index is 12.4. The predicted octanol–water partition coefficient (Wildman–Crippen LogP) is 2.86. The number of hydrogen-bond donors (Lipinski definition) is 1. The van der Waals surface area contributed by atoms with Crippen molar-refractivity contribution in [2.24, 2.45) is 5.92 Å². The van der Waals surface area contributed by atoms with Gasteiger partial charge in [-0.2, -0.15) is 4.98 Å². The van der Waals surface area contributed by atoms with Crippen LogP contribution in [0.1, 0.15) is 24.5 Å². The van der Waals surface area contributed by atoms with E-state index in [9.17, 15) is 4.79 Å². The molecule has 27 heavy (non-hydrogen) atoms. The van der Waals surface area contributed by atoms with Crippen LogP contribution in [-0.2, 0) is 17.9 Å². The van der Waals surface area contributed by atoms with Gasteiger partial charge in [0.25, 0.3) is 0 Å². The van der Waals surface area contributed by atoms with E-state index in [1.54, 1.807) is 6.26 Å². The molecule has 2 aromatic heterocycles. The summed E-state index contributed by atoms with van der Waals surface area (Å²) >= 11 is 0. The molecule has 7 heteroatoms. The zero-order valence-corrected chi connectivity index (χ0v) is 15.0. The molecule has 1 aromatic carbocycles. The Bertz CT molecular complexity index is 861. The maximum atomic E-state index is 12.4. The number of rotatable bonds is 6. The van der Waals surface area contributed by atoms with E-state index in [1.807, 2.05) is 42.5 Å². The normalized spacial score (nSPS) is 17.7. The molecule has 1 aliphatic heterocycles. The first kappa shape index (κ1) is 17.5. The van der Waals surface area contributed by atoms with Crippen LogP contribution in [0.25, 0.3) is 11.4 Å². The van der Waals surface area contributed by atoms with Crippen LogP contribution >= 0.6 is 0 Å². The topological polar surface area (TPSA) is 84.4 Å². The Kier molecular flexibility index (Phi) is 5.29. The first-order valence-corrected chi connectivity index (χ1v) is 9.18. The van der Waals surface area contributed by atoms with Gasteiger partial charge in [-0.15, -0.1) is 0 Å². The van der Waals surface area contributed by atoms with Crippen molar-refractivity contribution in [3.63, 3.8) is 0 Å². The summed E-state index contributed by atoms with van der Waals surface area (Å²) in [6.45, 7) is 2.59. The number of carbonyl (C=O) groups is 1. The molecule has 7 nitrogen and oxygen atoms in total. The van der Waals surface area contributed by atoms with Gasteiger partial charge in [0.05, 0.1) is 25.3 Å². The molecule has 4 rings (SSSR count). The lowest BCUT2D eigenvalue weighted by Crippen LogP contribution is -2.42. The highest BCUT2D eigenvalue weighted by molar-refractivity contribution is 5.78. The first-order valence-electron chi connectivity index (χ1n) is 9.18. The number of carbonyl (C=O) groups excluding carboxylic acids is 1. The Morgan fingerprint density at radius 1 is 1.22 bits per heavy atom. The van der Waals surface area contributed by atoms with Crippen molar-refractivity contribution in [3.8, 4) is 11.4 Å². The number of aromatic nitrogens is 2. The number of amides is 1. The number of hydrogen-bond acceptors (Lipinski definition) is 6. The van der Waals surface area contributed by atoms with E-state index in [-0.39, 0.29) is 11.8 Å². The fourth-order valence-electron chi connectivity index (χ4n) is 3.36. The lowest BCUT2D eigenvalue weighted by Gasteiger charge is -2.30. The molecule has 1 amide bonds. The summed E-state index contributed by atoms with van der Waals surface area (Å²) in [7, 11) is 0. The second kappa shape index (κ2) is 8.18. The summed E-state index contributed by atoms with van der Waals surface area (Å²) in [4.78, 5) is 19.1. The molecule has 1 unspecified atom stereocenters. The molecule has 3 aromatic rings. The summed E-state index contributed by atoms with van der Waals surface area (Å²) in [5.74, 6) is 1.95. The van der Waals surface area contributed by atoms with Gasteiger partial charge in [0, 0.05) is 12.1 Å². The second-order valence-electron chi connectivity index (χ2n) is 6.75. The summed E-state index contributed by atoms with van der Waals surface area (Å²) in [5, 5.41) is 7.02. The first-order chi connectivity index (χ1) is 13.3. The van der Waals surface area contributed by atoms with Crippen LogP contribution in [0.5, 0.6) is 0 Å². The Morgan fingerprint density at radius 2 is 2.11 bits per heavy atom. The number of piperidine rings is 1. The zero-order chi connectivity index (χ0) is 18.5. The van der Waals surface area contributed by atoms with E-state index in [0.29, 0.717) is 31.3 Å². The molecule has 3 heterocycles. The van der Waals surface area contributed by atoms with E-state index in [1.165, 1.54) is 0 Å². The van der Waals surface area contributed by atoms with Gasteiger partial charge >= 0.3 is 0 Å². The fraction of sp³-hybridized carbons (Fsp3) is 0.350. The van der Waals surface area contributed by atoms with Crippen LogP contribution in [-0.4, -0.2) is 34.0 Å². The highest BCUT2D eigenvalue weighted by Crippen LogP contribution is 2.20. The third kappa shape index (κ3) is 4.43. The average molecular weight is 366 g/mol. The van der Waals surface area contributed by atoms with Crippen molar-refractivity contribution in [3.05, 3.63) is 60.4 Å². The molecule has 1 fully saturated rings. The molecule has 0 bridgehead atoms. The number of nitrogens with zero attached hydrogens (tertiary/aromatic N) is 3. The van der Waals surface area contributed by atoms with Crippen LogP contribution < -0.4 is 5.32 Å². The molecular weight excluding hydrogens is 344 g/mol. The summed E-state index contributed by atoms with van der Waals surface area (Å²) in [5.41, 5.74) is 0.932. The third-order valence-corrected chi connectivity index (χ3v) is 4.75. The Hall–Kier alpha value is -2.93. The van der Waals surface area contributed by atoms with Gasteiger partial charge in [-0.05, 0) is 31.5 Å². The van der Waals surface area contributed by atoms with Gasteiger partial charge in [0.15, 0.2) is 0 Å². The second-order valence-corrected chi connectivity index (χ2v) is 6.75. The van der Waals surface area contributed by atoms with Crippen molar-refractivity contribution >= 4 is 5.91 Å². The van der Waals surface area contributed by atoms with Crippen LogP contribution in [0, 0.1) is 5.92 Å². The van der Waals surface area contributed by atoms with Crippen molar-refractivity contribution in [1.82, 2.24) is 20.4 Å². The van der Waals surface area contributed by atoms with E-state index in [0.717, 1.165) is 30.7 Å². The molecule has 1 atom stereocenters. The minimum atomic E-state index is -0.0368. The minimum Gasteiger partial charge on any atom is -0.467 e. The Balaban J connectivity index is 1.32. The van der Waals surface area contributed by atoms with Gasteiger partial charge in [0.2, 0.25) is 17.6 Å². The van der Waals surface area contributed by atoms with Crippen LogP contribution in [0.4, 0.5) is 0 Å². The summed E-state index contributed by atoms with van der Waals surface area (Å²) in [6, 6.07) is 13.4. The summed E-state index contributed by atoms with van der Waals surface area (Å²) < 4.78 is 10.7. The number of benzene rings is 1. The number of furan rings is 1. The highest BCUT2D eigenvalue weighted by atomic mass is 16.5. The zero-order valence-electron chi connectivity index (χ0n) is 15.0. The molecular formula is C20H22N4O3. The molecule has 0 aliphatic carbocycles. The molecule has 1 saturated heterocycles. The van der Waals surface area contributed by atoms with Gasteiger partial charge in [-0.1, -0.05) is 35.5 Å². The van der Waals surface area contributed by atoms with E-state index < -0.39 is 0 Å². The lowest BCUT2D eigenvalue weighted by molar-refractivity contribution is -0.127. The van der Waals surface area contributed by atoms with Crippen LogP contribution in [0.15, 0.2) is 57.7 Å². The standard InChI is InChI=1S/C20H22N4O3/c25-20(21-12-17-9-5-11-26-17)16-8-4-10-24(13-16)14-18-22-19(23-27-18)15-6-2-1-3-7-15/h1-3,5-7,9,11,16H,4,8,10,12-14H2,(H,21,25). The Morgan fingerprint density at radius 3 is 2.93 bits per heavy atom. The van der Waals surface area contributed by atoms with E-state index in [2.05, 4.69) is 20.4 Å². The van der Waals surface area contributed by atoms with Crippen LogP contribution in [0.2, 0.25) is 0 Å². The molecule has 0 saturated carbocycles. The van der Waals surface area contributed by atoms with Crippen molar-refractivity contribution in [1.29, 1.82) is 0 Å². The minimum absolute atomic E-state index is 0.0368. The number of likely N-dealkylation sites (tertiary alicyclic amines) is 1. The lowest BCUT2D eigenvalue weighted by atomic mass is 9.97. The van der Waals surface area contributed by atoms with Gasteiger partial charge in [-0.25, -0.2) is 0 Å². The van der Waals surface area contributed by atoms with Gasteiger partial charge in [-0.3, -0.25) is 9.69 Å². The number of nitrogens with one attached hydrogen (secondary N) is 1. The molecule has 0 spiro atoms. The maximum Gasteiger partial charge on any atom is 0.241 e. The Labute approximate surface area is 157 Å². The predicted molar refractivity (Wildman–Crippen MR) is 98.3 cm³/mol.